The molecule has 1 amide bonds. The Hall–Kier alpha value is -1.93. The second-order valence-electron chi connectivity index (χ2n) is 5.81. The highest BCUT2D eigenvalue weighted by Crippen LogP contribution is 2.31. The van der Waals surface area contributed by atoms with Gasteiger partial charge in [0.25, 0.3) is 0 Å². The third-order valence-electron chi connectivity index (χ3n) is 3.99. The average molecular weight is 347 g/mol. The Morgan fingerprint density at radius 1 is 1.42 bits per heavy atom. The predicted octanol–water partition coefficient (Wildman–Crippen LogP) is 2.67. The second-order valence-corrected chi connectivity index (χ2v) is 6.76. The zero-order valence-corrected chi connectivity index (χ0v) is 14.5. The molecule has 0 unspecified atom stereocenters. The van der Waals surface area contributed by atoms with Gasteiger partial charge in [-0.2, -0.15) is 0 Å². The Morgan fingerprint density at radius 2 is 2.25 bits per heavy atom. The maximum absolute atomic E-state index is 12.2. The first kappa shape index (κ1) is 16.9. The van der Waals surface area contributed by atoms with E-state index in [0.717, 1.165) is 24.1 Å². The number of benzene rings is 1. The van der Waals surface area contributed by atoms with Crippen molar-refractivity contribution < 1.29 is 9.53 Å². The Balaban J connectivity index is 1.54. The summed E-state index contributed by atoms with van der Waals surface area (Å²) in [5.41, 5.74) is 1.79. The molecule has 1 heterocycles. The molecule has 3 rings (SSSR count). The molecule has 0 spiro atoms. The van der Waals surface area contributed by atoms with E-state index in [0.29, 0.717) is 17.8 Å². The van der Waals surface area contributed by atoms with Crippen molar-refractivity contribution in [1.82, 2.24) is 20.2 Å². The van der Waals surface area contributed by atoms with Crippen LogP contribution in [0.25, 0.3) is 0 Å². The maximum atomic E-state index is 12.2. The van der Waals surface area contributed by atoms with Gasteiger partial charge in [-0.25, -0.2) is 4.68 Å². The largest absolute Gasteiger partial charge is 0.380 e. The number of anilines is 1. The van der Waals surface area contributed by atoms with Crippen molar-refractivity contribution in [3.05, 3.63) is 29.8 Å². The molecule has 0 aliphatic heterocycles. The van der Waals surface area contributed by atoms with Crippen molar-refractivity contribution in [1.29, 1.82) is 0 Å². The molecule has 0 atom stereocenters. The van der Waals surface area contributed by atoms with Gasteiger partial charge in [-0.3, -0.25) is 4.79 Å². The van der Waals surface area contributed by atoms with Crippen LogP contribution in [0.2, 0.25) is 0 Å². The van der Waals surface area contributed by atoms with E-state index in [1.807, 2.05) is 28.9 Å². The number of nitrogens with zero attached hydrogens (tertiary/aromatic N) is 4. The number of aromatic nitrogens is 4. The molecule has 1 N–H and O–H groups in total. The quantitative estimate of drug-likeness (QED) is 0.776. The Kier molecular flexibility index (Phi) is 5.81. The fourth-order valence-electron chi connectivity index (χ4n) is 2.89. The van der Waals surface area contributed by atoms with Crippen LogP contribution in [0.5, 0.6) is 0 Å². The molecular formula is C16H21N5O2S. The van der Waals surface area contributed by atoms with E-state index in [9.17, 15) is 4.79 Å². The van der Waals surface area contributed by atoms with Crippen LogP contribution in [0.1, 0.15) is 37.3 Å². The van der Waals surface area contributed by atoms with Gasteiger partial charge >= 0.3 is 0 Å². The molecule has 1 fully saturated rings. The smallest absolute Gasteiger partial charge is 0.234 e. The molecular weight excluding hydrogens is 326 g/mol. The Morgan fingerprint density at radius 3 is 3.04 bits per heavy atom. The van der Waals surface area contributed by atoms with E-state index >= 15 is 0 Å². The van der Waals surface area contributed by atoms with Crippen molar-refractivity contribution in [2.45, 2.75) is 43.5 Å². The highest BCUT2D eigenvalue weighted by molar-refractivity contribution is 7.99. The van der Waals surface area contributed by atoms with Crippen LogP contribution in [0, 0.1) is 0 Å². The minimum Gasteiger partial charge on any atom is -0.380 e. The van der Waals surface area contributed by atoms with Crippen LogP contribution in [0.3, 0.4) is 0 Å². The number of thioether (sulfide) groups is 1. The van der Waals surface area contributed by atoms with Gasteiger partial charge in [-0.15, -0.1) is 5.10 Å². The highest BCUT2D eigenvalue weighted by Gasteiger charge is 2.22. The predicted molar refractivity (Wildman–Crippen MR) is 91.8 cm³/mol. The van der Waals surface area contributed by atoms with Crippen LogP contribution < -0.4 is 5.32 Å². The van der Waals surface area contributed by atoms with E-state index in [1.54, 1.807) is 7.11 Å². The van der Waals surface area contributed by atoms with Gasteiger partial charge in [0, 0.05) is 12.8 Å². The average Bonchev–Trinajstić information content (AvgIpc) is 3.25. The molecule has 0 radical (unpaired) electrons. The second kappa shape index (κ2) is 8.25. The molecule has 128 valence electrons. The van der Waals surface area contributed by atoms with E-state index in [2.05, 4.69) is 20.8 Å². The van der Waals surface area contributed by atoms with E-state index in [4.69, 9.17) is 4.74 Å². The van der Waals surface area contributed by atoms with E-state index in [1.165, 1.54) is 24.6 Å². The Bertz CT molecular complexity index is 685. The van der Waals surface area contributed by atoms with Gasteiger partial charge in [0.2, 0.25) is 11.1 Å². The fraction of sp³-hybridized carbons (Fsp3) is 0.500. The number of hydrogen-bond acceptors (Lipinski definition) is 6. The van der Waals surface area contributed by atoms with Gasteiger partial charge in [0.15, 0.2) is 0 Å². The fourth-order valence-corrected chi connectivity index (χ4v) is 3.64. The van der Waals surface area contributed by atoms with Crippen LogP contribution in [0.4, 0.5) is 5.69 Å². The minimum atomic E-state index is -0.0736. The first-order valence-electron chi connectivity index (χ1n) is 8.04. The van der Waals surface area contributed by atoms with Crippen molar-refractivity contribution in [3.8, 4) is 0 Å². The van der Waals surface area contributed by atoms with E-state index < -0.39 is 0 Å². The Labute approximate surface area is 145 Å². The number of tetrazole rings is 1. The van der Waals surface area contributed by atoms with Crippen molar-refractivity contribution in [2.75, 3.05) is 18.2 Å². The summed E-state index contributed by atoms with van der Waals surface area (Å²) in [7, 11) is 1.65. The first-order chi connectivity index (χ1) is 11.8. The monoisotopic (exact) mass is 347 g/mol. The summed E-state index contributed by atoms with van der Waals surface area (Å²) in [4.78, 5) is 12.2. The summed E-state index contributed by atoms with van der Waals surface area (Å²) in [5, 5.41) is 15.5. The molecule has 1 aromatic heterocycles. The van der Waals surface area contributed by atoms with Crippen LogP contribution in [-0.4, -0.2) is 39.0 Å². The minimum absolute atomic E-state index is 0.0736. The summed E-state index contributed by atoms with van der Waals surface area (Å²) >= 11 is 1.37. The van der Waals surface area contributed by atoms with Gasteiger partial charge in [0.05, 0.1) is 18.4 Å². The SMILES string of the molecule is COCc1cccc(NC(=O)CSc2nnnn2C2CCCC2)c1. The third-order valence-corrected chi connectivity index (χ3v) is 4.92. The van der Waals surface area contributed by atoms with Crippen LogP contribution in [-0.2, 0) is 16.1 Å². The standard InChI is InChI=1S/C16H21N5O2S/c1-23-10-12-5-4-6-13(9-12)17-15(22)11-24-16-18-19-20-21(16)14-7-2-3-8-14/h4-6,9,14H,2-3,7-8,10-11H2,1H3,(H,17,22). The number of amides is 1. The summed E-state index contributed by atoms with van der Waals surface area (Å²) < 4.78 is 6.97. The number of nitrogens with one attached hydrogen (secondary N) is 1. The number of ether oxygens (including phenoxy) is 1. The lowest BCUT2D eigenvalue weighted by atomic mass is 10.2. The highest BCUT2D eigenvalue weighted by atomic mass is 32.2. The zero-order valence-electron chi connectivity index (χ0n) is 13.6. The number of methoxy groups -OCH3 is 1. The molecule has 7 nitrogen and oxygen atoms in total. The zero-order chi connectivity index (χ0) is 16.8. The summed E-state index contributed by atoms with van der Waals surface area (Å²) in [6.45, 7) is 0.522. The lowest BCUT2D eigenvalue weighted by molar-refractivity contribution is -0.113. The molecule has 1 aromatic carbocycles. The molecule has 24 heavy (non-hydrogen) atoms. The molecule has 1 aliphatic rings. The van der Waals surface area contributed by atoms with Gasteiger partial charge in [-0.05, 0) is 41.0 Å². The summed E-state index contributed by atoms with van der Waals surface area (Å²) in [5.74, 6) is 0.206. The number of hydrogen-bond donors (Lipinski definition) is 1. The lowest BCUT2D eigenvalue weighted by Gasteiger charge is -2.11. The van der Waals surface area contributed by atoms with E-state index in [-0.39, 0.29) is 11.7 Å². The normalized spacial score (nSPS) is 14.9. The summed E-state index contributed by atoms with van der Waals surface area (Å²) in [6, 6.07) is 8.01. The summed E-state index contributed by atoms with van der Waals surface area (Å²) in [6.07, 6.45) is 4.65. The van der Waals surface area contributed by atoms with Crippen LogP contribution >= 0.6 is 11.8 Å². The van der Waals surface area contributed by atoms with Gasteiger partial charge in [-0.1, -0.05) is 36.7 Å². The lowest BCUT2D eigenvalue weighted by Crippen LogP contribution is -2.15. The number of rotatable bonds is 7. The maximum Gasteiger partial charge on any atom is 0.234 e. The molecule has 1 saturated carbocycles. The van der Waals surface area contributed by atoms with Gasteiger partial charge < -0.3 is 10.1 Å². The molecule has 1 aliphatic carbocycles. The van der Waals surface area contributed by atoms with Gasteiger partial charge in [0.1, 0.15) is 0 Å². The molecule has 2 aromatic rings. The third kappa shape index (κ3) is 4.33. The van der Waals surface area contributed by atoms with Crippen LogP contribution in [0.15, 0.2) is 29.4 Å². The first-order valence-corrected chi connectivity index (χ1v) is 9.03. The number of carbonyl (C=O) groups is 1. The molecule has 0 saturated heterocycles. The topological polar surface area (TPSA) is 81.9 Å². The number of carbonyl (C=O) groups excluding carboxylic acids is 1. The molecule has 8 heteroatoms. The van der Waals surface area contributed by atoms with Crippen molar-refractivity contribution >= 4 is 23.4 Å². The molecule has 0 bridgehead atoms. The van der Waals surface area contributed by atoms with Crippen molar-refractivity contribution in [2.24, 2.45) is 0 Å². The van der Waals surface area contributed by atoms with Crippen molar-refractivity contribution in [3.63, 3.8) is 0 Å².